The molecule has 4 atom stereocenters. The van der Waals surface area contributed by atoms with Gasteiger partial charge in [-0.2, -0.15) is 0 Å². The highest BCUT2D eigenvalue weighted by Crippen LogP contribution is 2.39. The van der Waals surface area contributed by atoms with Crippen molar-refractivity contribution in [3.8, 4) is 5.75 Å². The van der Waals surface area contributed by atoms with Crippen molar-refractivity contribution in [3.63, 3.8) is 0 Å². The molecule has 1 N–H and O–H groups in total. The van der Waals surface area contributed by atoms with E-state index in [1.54, 1.807) is 12.1 Å². The van der Waals surface area contributed by atoms with Gasteiger partial charge in [0.25, 0.3) is 0 Å². The van der Waals surface area contributed by atoms with Crippen LogP contribution >= 0.6 is 0 Å². The molecule has 49 heavy (non-hydrogen) atoms. The molecule has 2 amide bonds. The van der Waals surface area contributed by atoms with Crippen molar-refractivity contribution in [1.82, 2.24) is 4.90 Å². The second-order valence-electron chi connectivity index (χ2n) is 14.4. The van der Waals surface area contributed by atoms with Gasteiger partial charge in [0.1, 0.15) is 24.2 Å². The predicted octanol–water partition coefficient (Wildman–Crippen LogP) is 9.90. The topological polar surface area (TPSA) is 77.1 Å². The van der Waals surface area contributed by atoms with E-state index in [1.165, 1.54) is 17.0 Å². The maximum Gasteiger partial charge on any atom is 0.417 e. The molecule has 0 radical (unpaired) electrons. The Balaban J connectivity index is 1.54. The largest absolute Gasteiger partial charge is 0.544 e. The van der Waals surface area contributed by atoms with Crippen molar-refractivity contribution in [2.75, 3.05) is 11.9 Å². The number of anilines is 1. The molecular formula is C39H47FN2O5Si2. The van der Waals surface area contributed by atoms with Gasteiger partial charge in [-0.1, -0.05) is 72.8 Å². The van der Waals surface area contributed by atoms with Crippen molar-refractivity contribution in [1.29, 1.82) is 0 Å². The third kappa shape index (κ3) is 9.90. The second kappa shape index (κ2) is 15.5. The lowest BCUT2D eigenvalue weighted by molar-refractivity contribution is -0.134. The van der Waals surface area contributed by atoms with Crippen LogP contribution in [0.4, 0.5) is 14.9 Å². The van der Waals surface area contributed by atoms with E-state index in [9.17, 15) is 14.0 Å². The van der Waals surface area contributed by atoms with Gasteiger partial charge < -0.3 is 18.9 Å². The lowest BCUT2D eigenvalue weighted by Gasteiger charge is -2.34. The third-order valence-electron chi connectivity index (χ3n) is 8.25. The Bertz CT molecular complexity index is 1680. The summed E-state index contributed by atoms with van der Waals surface area (Å²) in [6.45, 7) is 12.8. The number of carbonyl (C=O) groups excluding carboxylic acids is 2. The number of rotatable bonds is 14. The predicted molar refractivity (Wildman–Crippen MR) is 197 cm³/mol. The molecular weight excluding hydrogens is 652 g/mol. The summed E-state index contributed by atoms with van der Waals surface area (Å²) in [6.07, 6.45) is -0.177. The number of amides is 2. The fourth-order valence-corrected chi connectivity index (χ4v) is 8.11. The number of benzene rings is 4. The van der Waals surface area contributed by atoms with Crippen LogP contribution in [0.2, 0.25) is 39.3 Å². The van der Waals surface area contributed by atoms with Gasteiger partial charge in [-0.05, 0) is 105 Å². The van der Waals surface area contributed by atoms with Gasteiger partial charge in [-0.3, -0.25) is 4.79 Å². The number of carbonyl (C=O) groups is 2. The van der Waals surface area contributed by atoms with E-state index in [0.29, 0.717) is 12.8 Å². The Labute approximate surface area is 291 Å². The molecule has 4 aromatic carbocycles. The number of halogens is 1. The van der Waals surface area contributed by atoms with Crippen molar-refractivity contribution in [2.45, 2.75) is 70.3 Å². The highest BCUT2D eigenvalue weighted by Gasteiger charge is 2.44. The first kappa shape index (κ1) is 36.0. The molecule has 4 aromatic rings. The molecule has 5 rings (SSSR count). The highest BCUT2D eigenvalue weighted by molar-refractivity contribution is 6.70. The summed E-state index contributed by atoms with van der Waals surface area (Å²) in [6, 6.07) is 32.4. The minimum absolute atomic E-state index is 0.0836. The van der Waals surface area contributed by atoms with Crippen LogP contribution in [-0.4, -0.2) is 40.1 Å². The smallest absolute Gasteiger partial charge is 0.417 e. The summed E-state index contributed by atoms with van der Waals surface area (Å²) in [4.78, 5) is 29.6. The van der Waals surface area contributed by atoms with Crippen LogP contribution in [0.25, 0.3) is 0 Å². The van der Waals surface area contributed by atoms with Crippen LogP contribution in [0.15, 0.2) is 109 Å². The van der Waals surface area contributed by atoms with Crippen molar-refractivity contribution < 1.29 is 27.6 Å². The average molecular weight is 699 g/mol. The summed E-state index contributed by atoms with van der Waals surface area (Å²) in [5.41, 5.74) is 3.39. The second-order valence-corrected chi connectivity index (χ2v) is 23.3. The summed E-state index contributed by atoms with van der Waals surface area (Å²) >= 11 is 0. The molecule has 0 unspecified atom stereocenters. The average Bonchev–Trinajstić information content (AvgIpc) is 3.45. The molecule has 7 nitrogen and oxygen atoms in total. The summed E-state index contributed by atoms with van der Waals surface area (Å²) < 4.78 is 32.3. The number of cyclic esters (lactones) is 1. The zero-order valence-corrected chi connectivity index (χ0v) is 31.2. The Morgan fingerprint density at radius 1 is 0.816 bits per heavy atom. The number of hydrogen-bond donors (Lipinski definition) is 1. The summed E-state index contributed by atoms with van der Waals surface area (Å²) in [7, 11) is -3.87. The minimum atomic E-state index is -2.07. The molecule has 0 saturated carbocycles. The first-order chi connectivity index (χ1) is 23.3. The van der Waals surface area contributed by atoms with Gasteiger partial charge >= 0.3 is 6.09 Å². The molecule has 258 valence electrons. The van der Waals surface area contributed by atoms with Gasteiger partial charge in [0.2, 0.25) is 14.2 Å². The summed E-state index contributed by atoms with van der Waals surface area (Å²) in [5.74, 6) is -0.560. The Kier molecular flexibility index (Phi) is 11.4. The SMILES string of the molecule is C[Si](C)(C)Oc1ccc(N[C@H](c2ccccc2)[C@@H](CC[C@H](O[Si](C)(C)C)c2ccc(F)cc2)C(=O)N2C(=O)OC[C@@H]2c2ccccc2)cc1. The van der Waals surface area contributed by atoms with Crippen molar-refractivity contribution >= 4 is 34.3 Å². The number of hydrogen-bond acceptors (Lipinski definition) is 6. The van der Waals surface area contributed by atoms with Crippen LogP contribution in [0.1, 0.15) is 47.7 Å². The molecule has 1 aliphatic heterocycles. The quantitative estimate of drug-likeness (QED) is 0.132. The molecule has 0 aliphatic carbocycles. The minimum Gasteiger partial charge on any atom is -0.544 e. The number of nitrogens with one attached hydrogen (secondary N) is 1. The molecule has 1 heterocycles. The van der Waals surface area contributed by atoms with Gasteiger partial charge in [0.05, 0.1) is 18.1 Å². The maximum atomic E-state index is 14.9. The highest BCUT2D eigenvalue weighted by atomic mass is 28.4. The number of nitrogens with zero attached hydrogens (tertiary/aromatic N) is 1. The first-order valence-electron chi connectivity index (χ1n) is 16.9. The van der Waals surface area contributed by atoms with E-state index >= 15 is 0 Å². The Hall–Kier alpha value is -4.26. The van der Waals surface area contributed by atoms with Crippen LogP contribution in [0, 0.1) is 11.7 Å². The van der Waals surface area contributed by atoms with Gasteiger partial charge in [-0.25, -0.2) is 14.1 Å². The molecule has 1 aliphatic rings. The van der Waals surface area contributed by atoms with E-state index in [2.05, 4.69) is 44.6 Å². The maximum absolute atomic E-state index is 14.9. The fraction of sp³-hybridized carbons (Fsp3) is 0.333. The zero-order valence-electron chi connectivity index (χ0n) is 29.2. The Morgan fingerprint density at radius 2 is 1.43 bits per heavy atom. The van der Waals surface area contributed by atoms with Gasteiger partial charge in [0.15, 0.2) is 8.32 Å². The van der Waals surface area contributed by atoms with Crippen LogP contribution < -0.4 is 9.74 Å². The zero-order chi connectivity index (χ0) is 35.2. The summed E-state index contributed by atoms with van der Waals surface area (Å²) in [5, 5.41) is 3.65. The molecule has 0 aromatic heterocycles. The number of imide groups is 1. The molecule has 0 spiro atoms. The van der Waals surface area contributed by atoms with E-state index in [1.807, 2.05) is 84.9 Å². The molecule has 10 heteroatoms. The van der Waals surface area contributed by atoms with Crippen LogP contribution in [0.5, 0.6) is 5.75 Å². The normalized spacial score (nSPS) is 16.8. The third-order valence-corrected chi connectivity index (χ3v) is 10.1. The van der Waals surface area contributed by atoms with E-state index in [0.717, 1.165) is 28.1 Å². The van der Waals surface area contributed by atoms with Gasteiger partial charge in [-0.15, -0.1) is 0 Å². The Morgan fingerprint density at radius 3 is 2.02 bits per heavy atom. The monoisotopic (exact) mass is 698 g/mol. The lowest BCUT2D eigenvalue weighted by Crippen LogP contribution is -2.42. The van der Waals surface area contributed by atoms with Crippen molar-refractivity contribution in [3.05, 3.63) is 132 Å². The van der Waals surface area contributed by atoms with E-state index < -0.39 is 40.7 Å². The van der Waals surface area contributed by atoms with Crippen molar-refractivity contribution in [2.24, 2.45) is 5.92 Å². The van der Waals surface area contributed by atoms with Gasteiger partial charge in [0, 0.05) is 5.69 Å². The van der Waals surface area contributed by atoms with E-state index in [4.69, 9.17) is 13.6 Å². The number of ether oxygens (including phenoxy) is 1. The fourth-order valence-electron chi connectivity index (χ4n) is 6.15. The van der Waals surface area contributed by atoms with Crippen LogP contribution in [-0.2, 0) is 14.0 Å². The van der Waals surface area contributed by atoms with E-state index in [-0.39, 0.29) is 24.4 Å². The first-order valence-corrected chi connectivity index (χ1v) is 23.7. The molecule has 1 fully saturated rings. The lowest BCUT2D eigenvalue weighted by atomic mass is 9.85. The van der Waals surface area contributed by atoms with Crippen LogP contribution in [0.3, 0.4) is 0 Å². The molecule has 1 saturated heterocycles. The molecule has 0 bridgehead atoms. The standard InChI is InChI=1S/C39H47FN2O5Si2/c1-48(2,3)46-33-23-21-32(22-24-33)41-37(30-15-11-8-12-16-30)34(25-26-36(47-49(4,5)6)29-17-19-31(40)20-18-29)38(43)42-35(27-45-39(42)44)28-13-9-7-10-14-28/h7-24,34-37,41H,25-27H2,1-6H3/t34-,35-,36+,37-/m1/s1.